The van der Waals surface area contributed by atoms with E-state index in [1.807, 2.05) is 0 Å². The van der Waals surface area contributed by atoms with E-state index in [0.717, 1.165) is 6.54 Å². The largest absolute Gasteiger partial charge is 0.231 e. The smallest absolute Gasteiger partial charge is 0.0610 e. The van der Waals surface area contributed by atoms with Crippen LogP contribution in [0.25, 0.3) is 0 Å². The fourth-order valence-electron chi connectivity index (χ4n) is 1.02. The number of hydrogen-bond acceptors (Lipinski definition) is 2. The summed E-state index contributed by atoms with van der Waals surface area (Å²) in [5.41, 5.74) is 0. The molecule has 1 atom stereocenters. The SMILES string of the molecule is CCCCCCC(I)CN=C=S. The van der Waals surface area contributed by atoms with Gasteiger partial charge in [0.05, 0.1) is 11.7 Å². The average molecular weight is 297 g/mol. The van der Waals surface area contributed by atoms with Gasteiger partial charge in [-0.25, -0.2) is 4.99 Å². The molecule has 0 saturated heterocycles. The van der Waals surface area contributed by atoms with Gasteiger partial charge in [-0.2, -0.15) is 0 Å². The van der Waals surface area contributed by atoms with Crippen molar-refractivity contribution in [3.8, 4) is 0 Å². The van der Waals surface area contributed by atoms with Gasteiger partial charge in [0.2, 0.25) is 0 Å². The lowest BCUT2D eigenvalue weighted by atomic mass is 10.1. The van der Waals surface area contributed by atoms with Crippen LogP contribution in [0.15, 0.2) is 4.99 Å². The monoisotopic (exact) mass is 297 g/mol. The van der Waals surface area contributed by atoms with Crippen molar-refractivity contribution in [3.63, 3.8) is 0 Å². The van der Waals surface area contributed by atoms with Crippen LogP contribution in [-0.4, -0.2) is 15.6 Å². The Balaban J connectivity index is 3.18. The van der Waals surface area contributed by atoms with E-state index in [1.54, 1.807) is 0 Å². The summed E-state index contributed by atoms with van der Waals surface area (Å²) in [4.78, 5) is 3.93. The Bertz CT molecular complexity index is 143. The lowest BCUT2D eigenvalue weighted by molar-refractivity contribution is 0.628. The maximum atomic E-state index is 4.50. The lowest BCUT2D eigenvalue weighted by Crippen LogP contribution is -2.01. The standard InChI is InChI=1S/C9H16INS/c1-2-3-4-5-6-9(10)7-11-8-12/h9H,2-7H2,1H3. The van der Waals surface area contributed by atoms with Gasteiger partial charge in [0.1, 0.15) is 0 Å². The van der Waals surface area contributed by atoms with Crippen LogP contribution < -0.4 is 0 Å². The van der Waals surface area contributed by atoms with Crippen molar-refractivity contribution in [1.29, 1.82) is 0 Å². The maximum Gasteiger partial charge on any atom is 0.0610 e. The summed E-state index contributed by atoms with van der Waals surface area (Å²) >= 11 is 6.94. The normalized spacial score (nSPS) is 12.2. The highest BCUT2D eigenvalue weighted by Crippen LogP contribution is 2.12. The average Bonchev–Trinajstić information content (AvgIpc) is 2.09. The minimum absolute atomic E-state index is 0.648. The zero-order chi connectivity index (χ0) is 9.23. The van der Waals surface area contributed by atoms with Gasteiger partial charge >= 0.3 is 0 Å². The molecule has 0 aromatic heterocycles. The molecule has 0 radical (unpaired) electrons. The van der Waals surface area contributed by atoms with E-state index in [0.29, 0.717) is 3.92 Å². The Kier molecular flexibility index (Phi) is 10.0. The van der Waals surface area contributed by atoms with Crippen LogP contribution in [0.4, 0.5) is 0 Å². The van der Waals surface area contributed by atoms with Gasteiger partial charge < -0.3 is 0 Å². The third-order valence-electron chi connectivity index (χ3n) is 1.72. The first-order chi connectivity index (χ1) is 5.81. The molecular formula is C9H16INS. The van der Waals surface area contributed by atoms with Gasteiger partial charge in [0.15, 0.2) is 0 Å². The first-order valence-electron chi connectivity index (χ1n) is 4.49. The van der Waals surface area contributed by atoms with Gasteiger partial charge in [-0.3, -0.25) is 0 Å². The fraction of sp³-hybridized carbons (Fsp3) is 0.889. The number of hydrogen-bond donors (Lipinski definition) is 0. The zero-order valence-corrected chi connectivity index (χ0v) is 10.5. The highest BCUT2D eigenvalue weighted by molar-refractivity contribution is 14.1. The Morgan fingerprint density at radius 1 is 1.42 bits per heavy atom. The summed E-state index contributed by atoms with van der Waals surface area (Å²) in [6.07, 6.45) is 6.62. The molecule has 0 aliphatic rings. The summed E-state index contributed by atoms with van der Waals surface area (Å²) in [5, 5.41) is 2.40. The van der Waals surface area contributed by atoms with E-state index < -0.39 is 0 Å². The van der Waals surface area contributed by atoms with E-state index in [2.05, 4.69) is 51.9 Å². The minimum atomic E-state index is 0.648. The molecule has 0 aromatic rings. The Morgan fingerprint density at radius 3 is 2.75 bits per heavy atom. The molecule has 3 heteroatoms. The van der Waals surface area contributed by atoms with Crippen LogP contribution in [0.3, 0.4) is 0 Å². The molecule has 0 N–H and O–H groups in total. The maximum absolute atomic E-state index is 4.50. The molecule has 0 aromatic carbocycles. The number of nitrogens with zero attached hydrogens (tertiary/aromatic N) is 1. The van der Waals surface area contributed by atoms with E-state index in [-0.39, 0.29) is 0 Å². The summed E-state index contributed by atoms with van der Waals surface area (Å²) in [6.45, 7) is 3.08. The van der Waals surface area contributed by atoms with Gasteiger partial charge in [-0.15, -0.1) is 0 Å². The molecule has 0 aliphatic heterocycles. The van der Waals surface area contributed by atoms with Crippen LogP contribution in [0, 0.1) is 0 Å². The van der Waals surface area contributed by atoms with Crippen molar-refractivity contribution in [2.75, 3.05) is 6.54 Å². The molecule has 0 aliphatic carbocycles. The molecule has 0 spiro atoms. The number of rotatable bonds is 7. The van der Waals surface area contributed by atoms with Crippen LogP contribution in [0.2, 0.25) is 0 Å². The summed E-state index contributed by atoms with van der Waals surface area (Å²) in [7, 11) is 0. The molecule has 0 amide bonds. The third kappa shape index (κ3) is 8.62. The van der Waals surface area contributed by atoms with E-state index in [1.165, 1.54) is 32.1 Å². The Morgan fingerprint density at radius 2 is 2.17 bits per heavy atom. The van der Waals surface area contributed by atoms with E-state index in [4.69, 9.17) is 0 Å². The van der Waals surface area contributed by atoms with Crippen LogP contribution >= 0.6 is 34.8 Å². The quantitative estimate of drug-likeness (QED) is 0.228. The third-order valence-corrected chi connectivity index (χ3v) is 2.87. The van der Waals surface area contributed by atoms with Gasteiger partial charge in [0, 0.05) is 3.92 Å². The predicted molar refractivity (Wildman–Crippen MR) is 66.5 cm³/mol. The first-order valence-corrected chi connectivity index (χ1v) is 6.14. The van der Waals surface area contributed by atoms with Gasteiger partial charge in [0.25, 0.3) is 0 Å². The summed E-state index contributed by atoms with van der Waals surface area (Å²) in [5.74, 6) is 0. The number of aliphatic imine (C=N–C) groups is 1. The van der Waals surface area contributed by atoms with Crippen LogP contribution in [-0.2, 0) is 0 Å². The summed E-state index contributed by atoms with van der Waals surface area (Å²) < 4.78 is 0.648. The highest BCUT2D eigenvalue weighted by Gasteiger charge is 2.00. The van der Waals surface area contributed by atoms with Crippen molar-refractivity contribution in [2.45, 2.75) is 43.0 Å². The van der Waals surface area contributed by atoms with E-state index >= 15 is 0 Å². The molecule has 70 valence electrons. The topological polar surface area (TPSA) is 12.4 Å². The van der Waals surface area contributed by atoms with Crippen molar-refractivity contribution < 1.29 is 0 Å². The molecule has 12 heavy (non-hydrogen) atoms. The van der Waals surface area contributed by atoms with Crippen molar-refractivity contribution in [3.05, 3.63) is 0 Å². The second kappa shape index (κ2) is 9.62. The second-order valence-corrected chi connectivity index (χ2v) is 4.82. The zero-order valence-electron chi connectivity index (χ0n) is 7.55. The predicted octanol–water partition coefficient (Wildman–Crippen LogP) is 3.86. The second-order valence-electron chi connectivity index (χ2n) is 2.88. The Labute approximate surface area is 94.2 Å². The molecular weight excluding hydrogens is 281 g/mol. The number of isothiocyanates is 1. The fourth-order valence-corrected chi connectivity index (χ4v) is 1.73. The number of thiocarbonyl (C=S) groups is 1. The number of unbranched alkanes of at least 4 members (excludes halogenated alkanes) is 3. The van der Waals surface area contributed by atoms with Crippen LogP contribution in [0.1, 0.15) is 39.0 Å². The molecule has 0 fully saturated rings. The number of alkyl halides is 1. The number of halogens is 1. The first kappa shape index (κ1) is 12.5. The van der Waals surface area contributed by atoms with Crippen molar-refractivity contribution in [2.24, 2.45) is 4.99 Å². The van der Waals surface area contributed by atoms with Gasteiger partial charge in [-0.1, -0.05) is 55.2 Å². The molecule has 0 heterocycles. The molecule has 0 bridgehead atoms. The van der Waals surface area contributed by atoms with Gasteiger partial charge in [-0.05, 0) is 18.6 Å². The van der Waals surface area contributed by atoms with Crippen molar-refractivity contribution in [1.82, 2.24) is 0 Å². The summed E-state index contributed by atoms with van der Waals surface area (Å²) in [6, 6.07) is 0. The van der Waals surface area contributed by atoms with Crippen LogP contribution in [0.5, 0.6) is 0 Å². The molecule has 0 saturated carbocycles. The molecule has 1 unspecified atom stereocenters. The van der Waals surface area contributed by atoms with Crippen molar-refractivity contribution >= 4 is 40.0 Å². The Hall–Kier alpha value is 0.530. The van der Waals surface area contributed by atoms with E-state index in [9.17, 15) is 0 Å². The molecule has 0 rings (SSSR count). The molecule has 1 nitrogen and oxygen atoms in total. The highest BCUT2D eigenvalue weighted by atomic mass is 127. The lowest BCUT2D eigenvalue weighted by Gasteiger charge is -2.04. The minimum Gasteiger partial charge on any atom is -0.231 e.